The second-order valence-electron chi connectivity index (χ2n) is 4.21. The van der Waals surface area contributed by atoms with E-state index in [2.05, 4.69) is 25.4 Å². The molecule has 2 aromatic heterocycles. The summed E-state index contributed by atoms with van der Waals surface area (Å²) in [4.78, 5) is 12.3. The van der Waals surface area contributed by atoms with Gasteiger partial charge in [-0.2, -0.15) is 9.67 Å². The quantitative estimate of drug-likeness (QED) is 0.750. The summed E-state index contributed by atoms with van der Waals surface area (Å²) >= 11 is 0. The molecule has 0 unspecified atom stereocenters. The van der Waals surface area contributed by atoms with Gasteiger partial charge in [-0.3, -0.25) is 0 Å². The molecule has 2 heterocycles. The number of nitrogens with two attached hydrogens (primary N) is 1. The van der Waals surface area contributed by atoms with Crippen LogP contribution in [-0.2, 0) is 0 Å². The second kappa shape index (κ2) is 4.96. The molecule has 1 aromatic carbocycles. The molecule has 3 N–H and O–H groups in total. The van der Waals surface area contributed by atoms with Crippen LogP contribution in [0.5, 0.6) is 0 Å². The highest BCUT2D eigenvalue weighted by atomic mass is 15.4. The summed E-state index contributed by atoms with van der Waals surface area (Å²) in [5.41, 5.74) is 7.59. The van der Waals surface area contributed by atoms with Gasteiger partial charge in [0.05, 0.1) is 0 Å². The van der Waals surface area contributed by atoms with E-state index < -0.39 is 0 Å². The number of anilines is 3. The van der Waals surface area contributed by atoms with E-state index in [1.165, 1.54) is 11.0 Å². The maximum absolute atomic E-state index is 5.87. The van der Waals surface area contributed by atoms with E-state index in [-0.39, 0.29) is 5.95 Å². The number of para-hydroxylation sites is 1. The molecular weight excluding hydrogens is 254 g/mol. The minimum atomic E-state index is 0.265. The van der Waals surface area contributed by atoms with Crippen molar-refractivity contribution in [1.29, 1.82) is 0 Å². The number of benzene rings is 1. The van der Waals surface area contributed by atoms with Crippen molar-refractivity contribution in [3.63, 3.8) is 0 Å². The van der Waals surface area contributed by atoms with Gasteiger partial charge in [-0.1, -0.05) is 18.2 Å². The van der Waals surface area contributed by atoms with Gasteiger partial charge in [-0.25, -0.2) is 9.97 Å². The minimum Gasteiger partial charge on any atom is -0.368 e. The normalized spacial score (nSPS) is 10.4. The number of hydrogen-bond acceptors (Lipinski definition) is 6. The topological polar surface area (TPSA) is 94.5 Å². The van der Waals surface area contributed by atoms with E-state index in [9.17, 15) is 0 Å². The molecule has 0 radical (unpaired) electrons. The third-order valence-electron chi connectivity index (χ3n) is 2.67. The van der Waals surface area contributed by atoms with Crippen LogP contribution < -0.4 is 11.1 Å². The SMILES string of the molecule is Cc1cc(-n2nc(Nc3ccccc3)nc2N)ncn1. The van der Waals surface area contributed by atoms with E-state index in [1.807, 2.05) is 37.3 Å². The van der Waals surface area contributed by atoms with Gasteiger partial charge in [-0.15, -0.1) is 5.10 Å². The van der Waals surface area contributed by atoms with Crippen molar-refractivity contribution in [3.8, 4) is 5.82 Å². The molecule has 0 bridgehead atoms. The van der Waals surface area contributed by atoms with E-state index in [1.54, 1.807) is 6.07 Å². The minimum absolute atomic E-state index is 0.265. The van der Waals surface area contributed by atoms with Crippen molar-refractivity contribution in [2.75, 3.05) is 11.1 Å². The first kappa shape index (κ1) is 12.1. The Labute approximate surface area is 115 Å². The van der Waals surface area contributed by atoms with E-state index in [0.29, 0.717) is 11.8 Å². The summed E-state index contributed by atoms with van der Waals surface area (Å²) in [6.07, 6.45) is 1.47. The van der Waals surface area contributed by atoms with Crippen molar-refractivity contribution in [3.05, 3.63) is 48.4 Å². The molecular formula is C13H13N7. The molecule has 0 aliphatic heterocycles. The van der Waals surface area contributed by atoms with Crippen LogP contribution in [0, 0.1) is 6.92 Å². The Balaban J connectivity index is 1.91. The lowest BCUT2D eigenvalue weighted by atomic mass is 10.3. The van der Waals surface area contributed by atoms with E-state index in [0.717, 1.165) is 11.4 Å². The maximum Gasteiger partial charge on any atom is 0.248 e. The number of nitrogen functional groups attached to an aromatic ring is 1. The van der Waals surface area contributed by atoms with Gasteiger partial charge >= 0.3 is 0 Å². The van der Waals surface area contributed by atoms with Crippen molar-refractivity contribution in [2.24, 2.45) is 0 Å². The summed E-state index contributed by atoms with van der Waals surface area (Å²) in [6.45, 7) is 1.88. The molecule has 0 spiro atoms. The molecule has 7 heteroatoms. The van der Waals surface area contributed by atoms with Crippen LogP contribution in [0.4, 0.5) is 17.6 Å². The molecule has 20 heavy (non-hydrogen) atoms. The molecule has 3 rings (SSSR count). The zero-order chi connectivity index (χ0) is 13.9. The van der Waals surface area contributed by atoms with Gasteiger partial charge in [0, 0.05) is 17.4 Å². The van der Waals surface area contributed by atoms with Crippen LogP contribution in [0.3, 0.4) is 0 Å². The third kappa shape index (κ3) is 2.41. The van der Waals surface area contributed by atoms with Crippen LogP contribution in [0.25, 0.3) is 5.82 Å². The average molecular weight is 267 g/mol. The van der Waals surface area contributed by atoms with Crippen molar-refractivity contribution >= 4 is 17.6 Å². The average Bonchev–Trinajstić information content (AvgIpc) is 2.81. The first-order chi connectivity index (χ1) is 9.72. The Morgan fingerprint density at radius 2 is 1.95 bits per heavy atom. The second-order valence-corrected chi connectivity index (χ2v) is 4.21. The first-order valence-electron chi connectivity index (χ1n) is 6.06. The zero-order valence-electron chi connectivity index (χ0n) is 10.9. The molecule has 0 atom stereocenters. The highest BCUT2D eigenvalue weighted by Gasteiger charge is 2.10. The highest BCUT2D eigenvalue weighted by molar-refractivity contribution is 5.54. The maximum atomic E-state index is 5.87. The number of nitrogens with one attached hydrogen (secondary N) is 1. The fourth-order valence-corrected chi connectivity index (χ4v) is 1.75. The van der Waals surface area contributed by atoms with Gasteiger partial charge in [0.15, 0.2) is 5.82 Å². The summed E-state index contributed by atoms with van der Waals surface area (Å²) in [6, 6.07) is 11.4. The van der Waals surface area contributed by atoms with Gasteiger partial charge in [0.1, 0.15) is 6.33 Å². The van der Waals surface area contributed by atoms with E-state index in [4.69, 9.17) is 5.73 Å². The molecule has 100 valence electrons. The zero-order valence-corrected chi connectivity index (χ0v) is 10.9. The Morgan fingerprint density at radius 3 is 2.70 bits per heavy atom. The number of nitrogens with zero attached hydrogens (tertiary/aromatic N) is 5. The lowest BCUT2D eigenvalue weighted by Gasteiger charge is -2.01. The monoisotopic (exact) mass is 267 g/mol. The molecule has 0 aliphatic carbocycles. The lowest BCUT2D eigenvalue weighted by molar-refractivity contribution is 0.846. The molecule has 0 amide bonds. The molecule has 0 fully saturated rings. The standard InChI is InChI=1S/C13H13N7/c1-9-7-11(16-8-15-9)20-12(14)18-13(19-20)17-10-5-3-2-4-6-10/h2-8H,1H3,(H3,14,17,18,19). The molecule has 0 aliphatic rings. The predicted octanol–water partition coefficient (Wildman–Crippen LogP) is 1.69. The number of hydrogen-bond donors (Lipinski definition) is 2. The Bertz CT molecular complexity index is 721. The van der Waals surface area contributed by atoms with Gasteiger partial charge < -0.3 is 11.1 Å². The van der Waals surface area contributed by atoms with Gasteiger partial charge in [0.2, 0.25) is 11.9 Å². The molecule has 7 nitrogen and oxygen atoms in total. The number of rotatable bonds is 3. The third-order valence-corrected chi connectivity index (χ3v) is 2.67. The Hall–Kier alpha value is -2.96. The fourth-order valence-electron chi connectivity index (χ4n) is 1.75. The van der Waals surface area contributed by atoms with Gasteiger partial charge in [0.25, 0.3) is 0 Å². The largest absolute Gasteiger partial charge is 0.368 e. The molecule has 3 aromatic rings. The van der Waals surface area contributed by atoms with Crippen molar-refractivity contribution in [2.45, 2.75) is 6.92 Å². The number of aryl methyl sites for hydroxylation is 1. The summed E-state index contributed by atoms with van der Waals surface area (Å²) in [7, 11) is 0. The van der Waals surface area contributed by atoms with Crippen LogP contribution >= 0.6 is 0 Å². The Kier molecular flexibility index (Phi) is 3.00. The molecule has 0 saturated heterocycles. The van der Waals surface area contributed by atoms with Crippen LogP contribution in [-0.4, -0.2) is 24.7 Å². The van der Waals surface area contributed by atoms with Crippen LogP contribution in [0.2, 0.25) is 0 Å². The summed E-state index contributed by atoms with van der Waals surface area (Å²) < 4.78 is 1.47. The number of aromatic nitrogens is 5. The summed E-state index contributed by atoms with van der Waals surface area (Å²) in [5, 5.41) is 7.38. The first-order valence-corrected chi connectivity index (χ1v) is 6.06. The predicted molar refractivity (Wildman–Crippen MR) is 75.8 cm³/mol. The fraction of sp³-hybridized carbons (Fsp3) is 0.0769. The van der Waals surface area contributed by atoms with Gasteiger partial charge in [-0.05, 0) is 19.1 Å². The highest BCUT2D eigenvalue weighted by Crippen LogP contribution is 2.16. The van der Waals surface area contributed by atoms with Crippen LogP contribution in [0.1, 0.15) is 5.69 Å². The Morgan fingerprint density at radius 1 is 1.15 bits per heavy atom. The lowest BCUT2D eigenvalue weighted by Crippen LogP contribution is -2.05. The molecule has 0 saturated carbocycles. The van der Waals surface area contributed by atoms with Crippen molar-refractivity contribution in [1.82, 2.24) is 24.7 Å². The van der Waals surface area contributed by atoms with E-state index >= 15 is 0 Å². The van der Waals surface area contributed by atoms with Crippen molar-refractivity contribution < 1.29 is 0 Å². The smallest absolute Gasteiger partial charge is 0.248 e. The summed E-state index contributed by atoms with van der Waals surface area (Å²) in [5.74, 6) is 1.27. The van der Waals surface area contributed by atoms with Crippen LogP contribution in [0.15, 0.2) is 42.7 Å².